The fraction of sp³-hybridized carbons (Fsp3) is 0.489. The Morgan fingerprint density at radius 2 is 1.60 bits per heavy atom. The number of anilines is 6. The molecule has 2 amide bonds. The van der Waals surface area contributed by atoms with Crippen LogP contribution in [0.5, 0.6) is 5.75 Å². The van der Waals surface area contributed by atoms with Crippen LogP contribution in [0.1, 0.15) is 80.2 Å². The predicted molar refractivity (Wildman–Crippen MR) is 253 cm³/mol. The van der Waals surface area contributed by atoms with Crippen molar-refractivity contribution in [2.24, 2.45) is 0 Å². The molecule has 3 N–H and O–H groups in total. The lowest BCUT2D eigenvalue weighted by Gasteiger charge is -2.43. The number of nitrogens with one attached hydrogen (secondary N) is 3. The molecule has 14 nitrogen and oxygen atoms in total. The highest BCUT2D eigenvalue weighted by atomic mass is 79.9. The van der Waals surface area contributed by atoms with Crippen LogP contribution >= 0.6 is 15.9 Å². The summed E-state index contributed by atoms with van der Waals surface area (Å²) < 4.78 is 64.2. The maximum absolute atomic E-state index is 15.1. The summed E-state index contributed by atoms with van der Waals surface area (Å²) in [4.78, 5) is 40.6. The summed E-state index contributed by atoms with van der Waals surface area (Å²) in [5.74, 6) is -1.98. The van der Waals surface area contributed by atoms with Crippen molar-refractivity contribution in [1.82, 2.24) is 25.1 Å². The molecule has 3 saturated heterocycles. The van der Waals surface area contributed by atoms with Gasteiger partial charge in [-0.2, -0.15) is 4.98 Å². The molecule has 0 radical (unpaired) electrons. The summed E-state index contributed by atoms with van der Waals surface area (Å²) in [5, 5.41) is 9.00. The van der Waals surface area contributed by atoms with Gasteiger partial charge >= 0.3 is 0 Å². The average molecular weight is 979 g/mol. The number of hydrogen-bond donors (Lipinski definition) is 3. The maximum atomic E-state index is 15.1. The van der Waals surface area contributed by atoms with E-state index in [4.69, 9.17) is 9.72 Å². The van der Waals surface area contributed by atoms with Gasteiger partial charge in [-0.05, 0) is 114 Å². The minimum Gasteiger partial charge on any atom is -0.492 e. The SMILES string of the molecule is CCOc1cc(N2CCC(N3CCN(CCc4cc(F)c([C@H]5CCC(=O)NC5=O)c(F)c4)CC3)CC2)c(CC)cc1Nc1ncc(Br)c(Nc2ccc(CC)c3c2N(S(C)(=O)=O)CC3)n1. The second kappa shape index (κ2) is 19.9. The van der Waals surface area contributed by atoms with Crippen molar-refractivity contribution in [2.45, 2.75) is 84.1 Å². The van der Waals surface area contributed by atoms with Gasteiger partial charge < -0.3 is 25.2 Å². The van der Waals surface area contributed by atoms with Gasteiger partial charge in [0.2, 0.25) is 27.8 Å². The molecule has 0 bridgehead atoms. The molecule has 18 heteroatoms. The molecule has 0 aliphatic carbocycles. The molecule has 65 heavy (non-hydrogen) atoms. The molecule has 3 aromatic carbocycles. The molecule has 1 atom stereocenters. The number of carbonyl (C=O) groups excluding carboxylic acids is 2. The summed E-state index contributed by atoms with van der Waals surface area (Å²) in [6.45, 7) is 13.2. The quantitative estimate of drug-likeness (QED) is 0.103. The van der Waals surface area contributed by atoms with Gasteiger partial charge in [-0.3, -0.25) is 24.1 Å². The van der Waals surface area contributed by atoms with Crippen LogP contribution in [0.15, 0.2) is 47.1 Å². The highest BCUT2D eigenvalue weighted by molar-refractivity contribution is 9.10. The lowest BCUT2D eigenvalue weighted by atomic mass is 9.89. The van der Waals surface area contributed by atoms with Crippen LogP contribution in [-0.4, -0.2) is 111 Å². The van der Waals surface area contributed by atoms with Crippen molar-refractivity contribution in [3.05, 3.63) is 86.5 Å². The summed E-state index contributed by atoms with van der Waals surface area (Å²) in [6, 6.07) is 11.3. The van der Waals surface area contributed by atoms with Gasteiger partial charge in [0.1, 0.15) is 23.2 Å². The fourth-order valence-corrected chi connectivity index (χ4v) is 11.1. The van der Waals surface area contributed by atoms with Gasteiger partial charge in [0.15, 0.2) is 0 Å². The number of sulfonamides is 1. The van der Waals surface area contributed by atoms with Crippen LogP contribution in [0, 0.1) is 11.6 Å². The number of carbonyl (C=O) groups is 2. The normalized spacial score (nSPS) is 18.8. The molecule has 1 aromatic heterocycles. The number of piperazine rings is 1. The number of imide groups is 1. The van der Waals surface area contributed by atoms with E-state index in [2.05, 4.69) is 77.5 Å². The summed E-state index contributed by atoms with van der Waals surface area (Å²) >= 11 is 3.60. The molecule has 0 spiro atoms. The van der Waals surface area contributed by atoms with Crippen molar-refractivity contribution in [2.75, 3.05) is 85.1 Å². The zero-order valence-corrected chi connectivity index (χ0v) is 39.9. The average Bonchev–Trinajstić information content (AvgIpc) is 3.75. The van der Waals surface area contributed by atoms with E-state index in [1.807, 2.05) is 19.1 Å². The van der Waals surface area contributed by atoms with Gasteiger partial charge in [0, 0.05) is 88.3 Å². The second-order valence-corrected chi connectivity index (χ2v) is 20.0. The first-order chi connectivity index (χ1) is 31.2. The molecule has 5 heterocycles. The van der Waals surface area contributed by atoms with E-state index in [0.29, 0.717) is 77.5 Å². The number of nitrogens with zero attached hydrogens (tertiary/aromatic N) is 6. The molecule has 3 fully saturated rings. The monoisotopic (exact) mass is 977 g/mol. The first kappa shape index (κ1) is 46.6. The third-order valence-electron chi connectivity index (χ3n) is 13.3. The number of amides is 2. The van der Waals surface area contributed by atoms with Gasteiger partial charge in [-0.15, -0.1) is 0 Å². The molecule has 4 aliphatic rings. The summed E-state index contributed by atoms with van der Waals surface area (Å²) in [6.07, 6.45) is 7.89. The Balaban J connectivity index is 0.879. The molecule has 8 rings (SSSR count). The van der Waals surface area contributed by atoms with E-state index >= 15 is 8.78 Å². The van der Waals surface area contributed by atoms with Gasteiger partial charge in [0.05, 0.1) is 40.3 Å². The zero-order chi connectivity index (χ0) is 46.0. The maximum Gasteiger partial charge on any atom is 0.234 e. The topological polar surface area (TPSA) is 152 Å². The summed E-state index contributed by atoms with van der Waals surface area (Å²) in [7, 11) is -3.48. The first-order valence-corrected chi connectivity index (χ1v) is 25.4. The Kier molecular flexibility index (Phi) is 14.3. The number of fused-ring (bicyclic) bond motifs is 1. The molecule has 4 aliphatic heterocycles. The van der Waals surface area contributed by atoms with E-state index in [0.717, 1.165) is 87.5 Å². The number of piperidine rings is 2. The Bertz CT molecular complexity index is 2530. The van der Waals surface area contributed by atoms with Crippen molar-refractivity contribution in [3.63, 3.8) is 0 Å². The van der Waals surface area contributed by atoms with Crippen molar-refractivity contribution in [3.8, 4) is 5.75 Å². The van der Waals surface area contributed by atoms with Crippen LogP contribution in [-0.2, 0) is 45.3 Å². The lowest BCUT2D eigenvalue weighted by molar-refractivity contribution is -0.134. The van der Waals surface area contributed by atoms with Crippen LogP contribution < -0.4 is 29.9 Å². The van der Waals surface area contributed by atoms with Gasteiger partial charge in [-0.1, -0.05) is 19.9 Å². The number of aryl methyl sites for hydroxylation is 2. The summed E-state index contributed by atoms with van der Waals surface area (Å²) in [5.41, 5.74) is 6.87. The van der Waals surface area contributed by atoms with Crippen LogP contribution in [0.3, 0.4) is 0 Å². The Morgan fingerprint density at radius 1 is 0.877 bits per heavy atom. The molecule has 0 unspecified atom stereocenters. The first-order valence-electron chi connectivity index (χ1n) is 22.8. The van der Waals surface area contributed by atoms with E-state index in [9.17, 15) is 18.0 Å². The molecule has 348 valence electrons. The number of aromatic nitrogens is 2. The van der Waals surface area contributed by atoms with E-state index in [1.54, 1.807) is 6.20 Å². The minimum absolute atomic E-state index is 0.0618. The van der Waals surface area contributed by atoms with E-state index < -0.39 is 39.4 Å². The lowest BCUT2D eigenvalue weighted by Crippen LogP contribution is -2.53. The van der Waals surface area contributed by atoms with Crippen molar-refractivity contribution >= 4 is 72.3 Å². The standard InChI is InChI=1S/C47H58BrF2N9O5S/c1-5-30-8-10-38(44-33(30)15-19-59(44)65(4,62)63)52-45-35(48)28-51-47(55-45)53-39-26-31(6-2)40(27-41(39)64-7-3)58-17-13-32(14-18-58)57-22-20-56(21-23-57)16-12-29-24-36(49)43(37(50)25-29)34-9-11-42(60)54-46(34)61/h8,10,24-28,32,34H,5-7,9,11-23H2,1-4H3,(H,54,60,61)(H2,51,52,53,55)/t34-/m1/s1. The molecule has 0 saturated carbocycles. The largest absolute Gasteiger partial charge is 0.492 e. The zero-order valence-electron chi connectivity index (χ0n) is 37.5. The van der Waals surface area contributed by atoms with E-state index in [1.165, 1.54) is 28.3 Å². The number of rotatable bonds is 15. The number of ether oxygens (including phenoxy) is 1. The Labute approximate surface area is 388 Å². The number of halogens is 3. The molecular formula is C47H58BrF2N9O5S. The van der Waals surface area contributed by atoms with Crippen molar-refractivity contribution in [1.29, 1.82) is 0 Å². The van der Waals surface area contributed by atoms with Crippen LogP contribution in [0.25, 0.3) is 0 Å². The van der Waals surface area contributed by atoms with Crippen LogP contribution in [0.2, 0.25) is 0 Å². The third-order valence-corrected chi connectivity index (χ3v) is 15.0. The second-order valence-electron chi connectivity index (χ2n) is 17.3. The third kappa shape index (κ3) is 10.2. The van der Waals surface area contributed by atoms with Crippen LogP contribution in [0.4, 0.5) is 43.3 Å². The van der Waals surface area contributed by atoms with Crippen molar-refractivity contribution < 1.29 is 31.5 Å². The highest BCUT2D eigenvalue weighted by Gasteiger charge is 2.34. The molecule has 4 aromatic rings. The number of benzene rings is 3. The smallest absolute Gasteiger partial charge is 0.234 e. The fourth-order valence-electron chi connectivity index (χ4n) is 9.85. The Hall–Kier alpha value is -4.91. The predicted octanol–water partition coefficient (Wildman–Crippen LogP) is 7.20. The molecular weight excluding hydrogens is 921 g/mol. The van der Waals surface area contributed by atoms with Gasteiger partial charge in [0.25, 0.3) is 0 Å². The minimum atomic E-state index is -3.48. The number of hydrogen-bond acceptors (Lipinski definition) is 12. The van der Waals surface area contributed by atoms with Gasteiger partial charge in [-0.25, -0.2) is 22.2 Å². The Morgan fingerprint density at radius 3 is 2.26 bits per heavy atom. The van der Waals surface area contributed by atoms with E-state index in [-0.39, 0.29) is 18.4 Å². The highest BCUT2D eigenvalue weighted by Crippen LogP contribution is 2.42.